The molecule has 4 rings (SSSR count). The Labute approximate surface area is 200 Å². The lowest BCUT2D eigenvalue weighted by molar-refractivity contribution is -0.123. The third-order valence-electron chi connectivity index (χ3n) is 5.48. The first-order valence-electron chi connectivity index (χ1n) is 10.9. The van der Waals surface area contributed by atoms with Crippen LogP contribution in [0.5, 0.6) is 0 Å². The minimum absolute atomic E-state index is 0.0631. The maximum atomic E-state index is 12.9. The zero-order valence-corrected chi connectivity index (χ0v) is 18.8. The molecule has 0 aliphatic heterocycles. The first-order valence-corrected chi connectivity index (χ1v) is 10.9. The van der Waals surface area contributed by atoms with Gasteiger partial charge >= 0.3 is 6.18 Å². The van der Waals surface area contributed by atoms with Gasteiger partial charge in [0.15, 0.2) is 0 Å². The lowest BCUT2D eigenvalue weighted by Crippen LogP contribution is -2.33. The number of hydrogen-bond donors (Lipinski definition) is 2. The molecule has 0 unspecified atom stereocenters. The van der Waals surface area contributed by atoms with Crippen molar-refractivity contribution in [2.75, 3.05) is 11.9 Å². The fraction of sp³-hybridized carbons (Fsp3) is 0.148. The van der Waals surface area contributed by atoms with E-state index in [1.807, 2.05) is 66.8 Å². The predicted octanol–water partition coefficient (Wildman–Crippen LogP) is 5.68. The van der Waals surface area contributed by atoms with E-state index in [1.165, 1.54) is 24.3 Å². The smallest absolute Gasteiger partial charge is 0.343 e. The van der Waals surface area contributed by atoms with E-state index >= 15 is 0 Å². The van der Waals surface area contributed by atoms with Gasteiger partial charge in [-0.25, -0.2) is 0 Å². The van der Waals surface area contributed by atoms with Crippen LogP contribution in [0.4, 0.5) is 18.9 Å². The SMILES string of the molecule is Cc1nc2ccccc2c(-c2ccccc2)c1CC(=O)Nc1ccc(C(=O)NCC(F)(F)F)cc1. The molecule has 0 saturated carbocycles. The Balaban J connectivity index is 1.55. The Morgan fingerprint density at radius 2 is 1.54 bits per heavy atom. The van der Waals surface area contributed by atoms with Gasteiger partial charge in [-0.1, -0.05) is 48.5 Å². The van der Waals surface area contributed by atoms with Crippen molar-refractivity contribution in [3.63, 3.8) is 0 Å². The van der Waals surface area contributed by atoms with E-state index in [-0.39, 0.29) is 17.9 Å². The summed E-state index contributed by atoms with van der Waals surface area (Å²) in [5.41, 5.74) is 4.80. The lowest BCUT2D eigenvalue weighted by Gasteiger charge is -2.16. The van der Waals surface area contributed by atoms with Crippen molar-refractivity contribution < 1.29 is 22.8 Å². The summed E-state index contributed by atoms with van der Waals surface area (Å²) in [6, 6.07) is 23.2. The van der Waals surface area contributed by atoms with Gasteiger partial charge in [0.1, 0.15) is 6.54 Å². The molecule has 0 spiro atoms. The minimum Gasteiger partial charge on any atom is -0.343 e. The van der Waals surface area contributed by atoms with Crippen molar-refractivity contribution in [2.24, 2.45) is 0 Å². The number of carbonyl (C=O) groups is 2. The molecule has 0 atom stereocenters. The number of benzene rings is 3. The second-order valence-electron chi connectivity index (χ2n) is 8.03. The van der Waals surface area contributed by atoms with Gasteiger partial charge in [-0.2, -0.15) is 13.2 Å². The van der Waals surface area contributed by atoms with Crippen LogP contribution in [0, 0.1) is 6.92 Å². The number of fused-ring (bicyclic) bond motifs is 1. The van der Waals surface area contributed by atoms with Crippen LogP contribution < -0.4 is 10.6 Å². The summed E-state index contributed by atoms with van der Waals surface area (Å²) in [7, 11) is 0. The molecular formula is C27H22F3N3O2. The Kier molecular flexibility index (Phi) is 6.82. The largest absolute Gasteiger partial charge is 0.405 e. The van der Waals surface area contributed by atoms with Gasteiger partial charge in [0.2, 0.25) is 5.91 Å². The summed E-state index contributed by atoms with van der Waals surface area (Å²) < 4.78 is 36.9. The van der Waals surface area contributed by atoms with E-state index in [2.05, 4.69) is 10.3 Å². The van der Waals surface area contributed by atoms with Crippen LogP contribution >= 0.6 is 0 Å². The van der Waals surface area contributed by atoms with E-state index in [1.54, 1.807) is 0 Å². The number of nitrogens with zero attached hydrogens (tertiary/aromatic N) is 1. The molecule has 5 nitrogen and oxygen atoms in total. The number of halogens is 3. The third-order valence-corrected chi connectivity index (χ3v) is 5.48. The Bertz CT molecular complexity index is 1370. The van der Waals surface area contributed by atoms with E-state index < -0.39 is 18.6 Å². The van der Waals surface area contributed by atoms with Gasteiger partial charge in [0.25, 0.3) is 5.91 Å². The molecule has 4 aromatic rings. The standard InChI is InChI=1S/C27H22F3N3O2/c1-17-22(25(18-7-3-2-4-8-18)21-9-5-6-10-23(21)32-17)15-24(34)33-20-13-11-19(12-14-20)26(35)31-16-27(28,29)30/h2-14H,15-16H2,1H3,(H,31,35)(H,33,34). The summed E-state index contributed by atoms with van der Waals surface area (Å²) in [5, 5.41) is 5.55. The molecular weight excluding hydrogens is 455 g/mol. The zero-order chi connectivity index (χ0) is 25.0. The molecule has 0 radical (unpaired) electrons. The molecule has 8 heteroatoms. The lowest BCUT2D eigenvalue weighted by atomic mass is 9.92. The zero-order valence-electron chi connectivity index (χ0n) is 18.8. The van der Waals surface area contributed by atoms with Crippen LogP contribution in [0.15, 0.2) is 78.9 Å². The van der Waals surface area contributed by atoms with E-state index in [0.29, 0.717) is 5.69 Å². The predicted molar refractivity (Wildman–Crippen MR) is 129 cm³/mol. The molecule has 1 aromatic heterocycles. The van der Waals surface area contributed by atoms with Gasteiger partial charge in [-0.15, -0.1) is 0 Å². The van der Waals surface area contributed by atoms with Gasteiger partial charge in [-0.05, 0) is 53.9 Å². The number of anilines is 1. The third kappa shape index (κ3) is 5.84. The Hall–Kier alpha value is -4.20. The van der Waals surface area contributed by atoms with E-state index in [4.69, 9.17) is 0 Å². The highest BCUT2D eigenvalue weighted by Crippen LogP contribution is 2.33. The Morgan fingerprint density at radius 3 is 2.23 bits per heavy atom. The maximum Gasteiger partial charge on any atom is 0.405 e. The number of alkyl halides is 3. The molecule has 0 fully saturated rings. The molecule has 2 N–H and O–H groups in total. The molecule has 1 heterocycles. The van der Waals surface area contributed by atoms with Crippen molar-refractivity contribution in [3.05, 3.63) is 95.7 Å². The second-order valence-corrected chi connectivity index (χ2v) is 8.03. The molecule has 0 bridgehead atoms. The normalized spacial score (nSPS) is 11.3. The number of aromatic nitrogens is 1. The monoisotopic (exact) mass is 477 g/mol. The number of pyridine rings is 1. The van der Waals surface area contributed by atoms with E-state index in [9.17, 15) is 22.8 Å². The van der Waals surface area contributed by atoms with Gasteiger partial charge in [-0.3, -0.25) is 14.6 Å². The van der Waals surface area contributed by atoms with E-state index in [0.717, 1.165) is 33.3 Å². The summed E-state index contributed by atoms with van der Waals surface area (Å²) in [6.07, 6.45) is -4.42. The summed E-state index contributed by atoms with van der Waals surface area (Å²) >= 11 is 0. The molecule has 0 aliphatic rings. The second kappa shape index (κ2) is 9.97. The first kappa shape index (κ1) is 23.9. The average molecular weight is 477 g/mol. The number of nitrogens with one attached hydrogen (secondary N) is 2. The van der Waals surface area contributed by atoms with Gasteiger partial charge < -0.3 is 10.6 Å². The molecule has 0 aliphatic carbocycles. The maximum absolute atomic E-state index is 12.9. The number of rotatable bonds is 6. The van der Waals surface area contributed by atoms with Crippen molar-refractivity contribution in [1.29, 1.82) is 0 Å². The highest BCUT2D eigenvalue weighted by molar-refractivity contribution is 6.00. The highest BCUT2D eigenvalue weighted by atomic mass is 19.4. The highest BCUT2D eigenvalue weighted by Gasteiger charge is 2.27. The van der Waals surface area contributed by atoms with Crippen molar-refractivity contribution >= 4 is 28.4 Å². The van der Waals surface area contributed by atoms with Crippen LogP contribution in [0.2, 0.25) is 0 Å². The minimum atomic E-state index is -4.49. The number of amides is 2. The number of carbonyl (C=O) groups excluding carboxylic acids is 2. The van der Waals surface area contributed by atoms with Crippen LogP contribution in [0.1, 0.15) is 21.6 Å². The average Bonchev–Trinajstić information content (AvgIpc) is 2.83. The molecule has 0 saturated heterocycles. The molecule has 3 aromatic carbocycles. The number of aryl methyl sites for hydroxylation is 1. The fourth-order valence-corrected chi connectivity index (χ4v) is 3.88. The quantitative estimate of drug-likeness (QED) is 0.375. The molecule has 35 heavy (non-hydrogen) atoms. The Morgan fingerprint density at radius 1 is 0.886 bits per heavy atom. The molecule has 2 amide bonds. The topological polar surface area (TPSA) is 71.1 Å². The number of para-hydroxylation sites is 1. The van der Waals surface area contributed by atoms with Crippen LogP contribution in [0.3, 0.4) is 0 Å². The van der Waals surface area contributed by atoms with Crippen LogP contribution in [-0.4, -0.2) is 29.5 Å². The fourth-order valence-electron chi connectivity index (χ4n) is 3.88. The van der Waals surface area contributed by atoms with Crippen molar-refractivity contribution in [3.8, 4) is 11.1 Å². The number of hydrogen-bond acceptors (Lipinski definition) is 3. The summed E-state index contributed by atoms with van der Waals surface area (Å²) in [4.78, 5) is 29.5. The van der Waals surface area contributed by atoms with Gasteiger partial charge in [0, 0.05) is 22.3 Å². The van der Waals surface area contributed by atoms with Crippen molar-refractivity contribution in [1.82, 2.24) is 10.3 Å². The molecule has 178 valence electrons. The van der Waals surface area contributed by atoms with Gasteiger partial charge in [0.05, 0.1) is 11.9 Å². The summed E-state index contributed by atoms with van der Waals surface area (Å²) in [6.45, 7) is 0.461. The summed E-state index contributed by atoms with van der Waals surface area (Å²) in [5.74, 6) is -1.12. The van der Waals surface area contributed by atoms with Crippen LogP contribution in [0.25, 0.3) is 22.0 Å². The first-order chi connectivity index (χ1) is 16.7. The van der Waals surface area contributed by atoms with Crippen LogP contribution in [-0.2, 0) is 11.2 Å². The van der Waals surface area contributed by atoms with Crippen molar-refractivity contribution in [2.45, 2.75) is 19.5 Å².